The van der Waals surface area contributed by atoms with Gasteiger partial charge in [0.05, 0.1) is 6.10 Å². The summed E-state index contributed by atoms with van der Waals surface area (Å²) in [6, 6.07) is 0. The SMILES string of the molecule is CC1CC(=O)N(CC2CCC(C(=O)O)O2)C1. The van der Waals surface area contributed by atoms with Crippen LogP contribution in [-0.4, -0.2) is 47.2 Å². The van der Waals surface area contributed by atoms with Crippen LogP contribution in [0.1, 0.15) is 26.2 Å². The van der Waals surface area contributed by atoms with Crippen molar-refractivity contribution >= 4 is 11.9 Å². The Hall–Kier alpha value is -1.10. The zero-order valence-corrected chi connectivity index (χ0v) is 9.39. The first kappa shape index (κ1) is 11.4. The number of carbonyl (C=O) groups excluding carboxylic acids is 1. The van der Waals surface area contributed by atoms with Gasteiger partial charge >= 0.3 is 5.97 Å². The van der Waals surface area contributed by atoms with E-state index >= 15 is 0 Å². The van der Waals surface area contributed by atoms with E-state index in [4.69, 9.17) is 9.84 Å². The second kappa shape index (κ2) is 4.41. The summed E-state index contributed by atoms with van der Waals surface area (Å²) < 4.78 is 5.37. The minimum Gasteiger partial charge on any atom is -0.479 e. The van der Waals surface area contributed by atoms with E-state index in [0.29, 0.717) is 25.3 Å². The Balaban J connectivity index is 1.83. The average molecular weight is 227 g/mol. The predicted octanol–water partition coefficient (Wildman–Crippen LogP) is 0.487. The van der Waals surface area contributed by atoms with Crippen LogP contribution in [-0.2, 0) is 14.3 Å². The highest BCUT2D eigenvalue weighted by Crippen LogP contribution is 2.24. The van der Waals surface area contributed by atoms with Crippen LogP contribution in [0.15, 0.2) is 0 Å². The smallest absolute Gasteiger partial charge is 0.332 e. The third-order valence-electron chi connectivity index (χ3n) is 3.21. The van der Waals surface area contributed by atoms with Crippen LogP contribution in [0.4, 0.5) is 0 Å². The first-order valence-electron chi connectivity index (χ1n) is 5.72. The molecule has 5 nitrogen and oxygen atoms in total. The third-order valence-corrected chi connectivity index (χ3v) is 3.21. The van der Waals surface area contributed by atoms with E-state index in [9.17, 15) is 9.59 Å². The summed E-state index contributed by atoms with van der Waals surface area (Å²) >= 11 is 0. The maximum atomic E-state index is 11.5. The summed E-state index contributed by atoms with van der Waals surface area (Å²) in [6.07, 6.45) is 1.11. The number of carboxylic acids is 1. The average Bonchev–Trinajstić information content (AvgIpc) is 2.75. The molecule has 90 valence electrons. The summed E-state index contributed by atoms with van der Waals surface area (Å²) in [5.41, 5.74) is 0. The maximum Gasteiger partial charge on any atom is 0.332 e. The standard InChI is InChI=1S/C11H17NO4/c1-7-4-10(13)12(5-7)6-8-2-3-9(16-8)11(14)15/h7-9H,2-6H2,1H3,(H,14,15). The van der Waals surface area contributed by atoms with Crippen LogP contribution < -0.4 is 0 Å². The van der Waals surface area contributed by atoms with Crippen molar-refractivity contribution in [3.05, 3.63) is 0 Å². The lowest BCUT2D eigenvalue weighted by Crippen LogP contribution is -2.34. The Morgan fingerprint density at radius 2 is 2.31 bits per heavy atom. The quantitative estimate of drug-likeness (QED) is 0.761. The predicted molar refractivity (Wildman–Crippen MR) is 55.9 cm³/mol. The lowest BCUT2D eigenvalue weighted by molar-refractivity contribution is -0.149. The van der Waals surface area contributed by atoms with Gasteiger partial charge in [-0.25, -0.2) is 4.79 Å². The summed E-state index contributed by atoms with van der Waals surface area (Å²) in [4.78, 5) is 24.0. The molecule has 0 aromatic heterocycles. The minimum absolute atomic E-state index is 0.102. The summed E-state index contributed by atoms with van der Waals surface area (Å²) in [5, 5.41) is 8.78. The van der Waals surface area contributed by atoms with E-state index < -0.39 is 12.1 Å². The van der Waals surface area contributed by atoms with Gasteiger partial charge in [-0.1, -0.05) is 6.92 Å². The molecule has 2 heterocycles. The summed E-state index contributed by atoms with van der Waals surface area (Å²) in [5.74, 6) is -0.331. The molecule has 0 saturated carbocycles. The van der Waals surface area contributed by atoms with E-state index in [1.807, 2.05) is 6.92 Å². The molecule has 2 fully saturated rings. The Morgan fingerprint density at radius 1 is 1.56 bits per heavy atom. The van der Waals surface area contributed by atoms with Gasteiger partial charge in [0, 0.05) is 19.5 Å². The van der Waals surface area contributed by atoms with Crippen LogP contribution in [0.5, 0.6) is 0 Å². The van der Waals surface area contributed by atoms with E-state index in [2.05, 4.69) is 0 Å². The number of carboxylic acid groups (broad SMARTS) is 1. The van der Waals surface area contributed by atoms with E-state index in [-0.39, 0.29) is 12.0 Å². The van der Waals surface area contributed by atoms with Gasteiger partial charge in [0.1, 0.15) is 0 Å². The Kier molecular flexibility index (Phi) is 3.14. The number of ether oxygens (including phenoxy) is 1. The van der Waals surface area contributed by atoms with Gasteiger partial charge in [0.2, 0.25) is 5.91 Å². The van der Waals surface area contributed by atoms with Gasteiger partial charge in [-0.3, -0.25) is 4.79 Å². The van der Waals surface area contributed by atoms with Gasteiger partial charge in [0.15, 0.2) is 6.10 Å². The van der Waals surface area contributed by atoms with Crippen molar-refractivity contribution < 1.29 is 19.4 Å². The molecule has 16 heavy (non-hydrogen) atoms. The molecule has 2 saturated heterocycles. The number of aliphatic carboxylic acids is 1. The van der Waals surface area contributed by atoms with Crippen molar-refractivity contribution in [2.75, 3.05) is 13.1 Å². The molecule has 0 aliphatic carbocycles. The molecular formula is C11H17NO4. The molecule has 2 aliphatic heterocycles. The molecule has 3 unspecified atom stereocenters. The molecule has 5 heteroatoms. The second-order valence-electron chi connectivity index (χ2n) is 4.77. The first-order chi connectivity index (χ1) is 7.56. The largest absolute Gasteiger partial charge is 0.479 e. The summed E-state index contributed by atoms with van der Waals surface area (Å²) in [6.45, 7) is 3.37. The number of hydrogen-bond donors (Lipinski definition) is 1. The van der Waals surface area contributed by atoms with E-state index in [1.54, 1.807) is 4.90 Å². The minimum atomic E-state index is -0.899. The zero-order valence-electron chi connectivity index (χ0n) is 9.39. The molecule has 0 spiro atoms. The molecule has 0 aromatic carbocycles. The normalized spacial score (nSPS) is 34.7. The van der Waals surface area contributed by atoms with Crippen molar-refractivity contribution in [3.63, 3.8) is 0 Å². The second-order valence-corrected chi connectivity index (χ2v) is 4.77. The summed E-state index contributed by atoms with van der Waals surface area (Å²) in [7, 11) is 0. The molecule has 2 rings (SSSR count). The highest BCUT2D eigenvalue weighted by Gasteiger charge is 2.34. The number of carbonyl (C=O) groups is 2. The fourth-order valence-electron chi connectivity index (χ4n) is 2.41. The molecule has 0 aromatic rings. The fraction of sp³-hybridized carbons (Fsp3) is 0.818. The Morgan fingerprint density at radius 3 is 2.81 bits per heavy atom. The molecule has 0 bridgehead atoms. The number of likely N-dealkylation sites (tertiary alicyclic amines) is 1. The molecular weight excluding hydrogens is 210 g/mol. The first-order valence-corrected chi connectivity index (χ1v) is 5.72. The van der Waals surface area contributed by atoms with Crippen molar-refractivity contribution in [3.8, 4) is 0 Å². The van der Waals surface area contributed by atoms with Crippen molar-refractivity contribution in [1.82, 2.24) is 4.90 Å². The zero-order chi connectivity index (χ0) is 11.7. The third kappa shape index (κ3) is 2.35. The van der Waals surface area contributed by atoms with Crippen LogP contribution in [0.2, 0.25) is 0 Å². The molecule has 2 aliphatic rings. The van der Waals surface area contributed by atoms with Gasteiger partial charge < -0.3 is 14.7 Å². The van der Waals surface area contributed by atoms with Gasteiger partial charge in [0.25, 0.3) is 0 Å². The molecule has 1 amide bonds. The highest BCUT2D eigenvalue weighted by atomic mass is 16.5. The molecule has 3 atom stereocenters. The number of hydrogen-bond acceptors (Lipinski definition) is 3. The number of amides is 1. The van der Waals surface area contributed by atoms with Crippen LogP contribution in [0.25, 0.3) is 0 Å². The lowest BCUT2D eigenvalue weighted by Gasteiger charge is -2.20. The van der Waals surface area contributed by atoms with E-state index in [1.165, 1.54) is 0 Å². The van der Waals surface area contributed by atoms with Crippen LogP contribution in [0, 0.1) is 5.92 Å². The van der Waals surface area contributed by atoms with E-state index in [0.717, 1.165) is 13.0 Å². The lowest BCUT2D eigenvalue weighted by atomic mass is 10.2. The van der Waals surface area contributed by atoms with Gasteiger partial charge in [-0.05, 0) is 18.8 Å². The topological polar surface area (TPSA) is 66.8 Å². The van der Waals surface area contributed by atoms with Gasteiger partial charge in [-0.2, -0.15) is 0 Å². The molecule has 1 N–H and O–H groups in total. The fourth-order valence-corrected chi connectivity index (χ4v) is 2.41. The van der Waals surface area contributed by atoms with Crippen molar-refractivity contribution in [1.29, 1.82) is 0 Å². The van der Waals surface area contributed by atoms with Crippen molar-refractivity contribution in [2.45, 2.75) is 38.4 Å². The van der Waals surface area contributed by atoms with Crippen molar-refractivity contribution in [2.24, 2.45) is 5.92 Å². The number of rotatable bonds is 3. The monoisotopic (exact) mass is 227 g/mol. The Bertz CT molecular complexity index is 304. The highest BCUT2D eigenvalue weighted by molar-refractivity contribution is 5.78. The van der Waals surface area contributed by atoms with Crippen LogP contribution >= 0.6 is 0 Å². The molecule has 0 radical (unpaired) electrons. The Labute approximate surface area is 94.4 Å². The maximum absolute atomic E-state index is 11.5. The number of nitrogens with zero attached hydrogens (tertiary/aromatic N) is 1. The van der Waals surface area contributed by atoms with Gasteiger partial charge in [-0.15, -0.1) is 0 Å². The van der Waals surface area contributed by atoms with Crippen LogP contribution in [0.3, 0.4) is 0 Å².